The molecular formula is C36H63BN12O16. The molecule has 0 unspecified atom stereocenters. The van der Waals surface area contributed by atoms with Crippen LogP contribution in [0.3, 0.4) is 0 Å². The third-order valence-corrected chi connectivity index (χ3v) is 9.37. The maximum atomic E-state index is 13.0. The van der Waals surface area contributed by atoms with Crippen LogP contribution in [-0.4, -0.2) is 235 Å². The van der Waals surface area contributed by atoms with Crippen molar-refractivity contribution in [3.63, 3.8) is 0 Å². The summed E-state index contributed by atoms with van der Waals surface area (Å²) in [7, 11) is -1.73. The molecule has 3 atom stereocenters. The Morgan fingerprint density at radius 3 is 1.42 bits per heavy atom. The predicted octanol–water partition coefficient (Wildman–Crippen LogP) is -8.75. The van der Waals surface area contributed by atoms with Crippen molar-refractivity contribution in [3.8, 4) is 0 Å². The molecule has 1 heterocycles. The largest absolute Gasteiger partial charge is 0.480 e. The maximum Gasteiger partial charge on any atom is 0.475 e. The number of likely N-dealkylation sites (tertiary alicyclic amines) is 1. The van der Waals surface area contributed by atoms with Gasteiger partial charge in [-0.2, -0.15) is 0 Å². The van der Waals surface area contributed by atoms with Gasteiger partial charge in [-0.15, -0.1) is 0 Å². The first-order chi connectivity index (χ1) is 30.6. The van der Waals surface area contributed by atoms with Gasteiger partial charge < -0.3 is 78.1 Å². The van der Waals surface area contributed by atoms with Gasteiger partial charge in [0.1, 0.15) is 12.1 Å². The fraction of sp³-hybridized carbons (Fsp3) is 0.694. The van der Waals surface area contributed by atoms with Crippen molar-refractivity contribution in [2.45, 2.75) is 51.6 Å². The fourth-order valence-corrected chi connectivity index (χ4v) is 6.03. The van der Waals surface area contributed by atoms with E-state index in [0.717, 1.165) is 0 Å². The van der Waals surface area contributed by atoms with Crippen LogP contribution in [0.5, 0.6) is 0 Å². The number of carbonyl (C=O) groups is 11. The zero-order valence-electron chi connectivity index (χ0n) is 36.7. The molecule has 8 amide bonds. The van der Waals surface area contributed by atoms with Crippen LogP contribution in [0.15, 0.2) is 0 Å². The Kier molecular flexibility index (Phi) is 27.2. The fourth-order valence-electron chi connectivity index (χ4n) is 6.03. The van der Waals surface area contributed by atoms with Gasteiger partial charge >= 0.3 is 25.0 Å². The zero-order chi connectivity index (χ0) is 49.1. The number of hydrogen-bond donors (Lipinski definition) is 14. The van der Waals surface area contributed by atoms with Crippen LogP contribution in [-0.2, 0) is 52.7 Å². The number of hydrogen-bond acceptors (Lipinski definition) is 17. The van der Waals surface area contributed by atoms with E-state index in [0.29, 0.717) is 19.4 Å². The minimum Gasteiger partial charge on any atom is -0.480 e. The molecular weight excluding hydrogens is 867 g/mol. The monoisotopic (exact) mass is 930 g/mol. The second-order valence-electron chi connectivity index (χ2n) is 15.1. The molecule has 65 heavy (non-hydrogen) atoms. The quantitative estimate of drug-likeness (QED) is 0.0215. The highest BCUT2D eigenvalue weighted by atomic mass is 16.4. The van der Waals surface area contributed by atoms with Crippen LogP contribution in [0, 0.1) is 5.92 Å². The van der Waals surface area contributed by atoms with Crippen molar-refractivity contribution in [2.24, 2.45) is 5.92 Å². The van der Waals surface area contributed by atoms with Crippen LogP contribution in [0.4, 0.5) is 0 Å². The lowest BCUT2D eigenvalue weighted by atomic mass is 9.78. The number of rotatable bonds is 33. The average Bonchev–Trinajstić information content (AvgIpc) is 3.73. The van der Waals surface area contributed by atoms with E-state index in [1.165, 1.54) is 16.7 Å². The van der Waals surface area contributed by atoms with E-state index in [1.807, 2.05) is 0 Å². The molecule has 29 heteroatoms. The Morgan fingerprint density at radius 1 is 0.569 bits per heavy atom. The van der Waals surface area contributed by atoms with E-state index >= 15 is 0 Å². The molecule has 0 aliphatic carbocycles. The Balaban J connectivity index is 2.45. The lowest BCUT2D eigenvalue weighted by Gasteiger charge is -2.29. The Hall–Kier alpha value is -6.01. The van der Waals surface area contributed by atoms with Gasteiger partial charge in [0, 0.05) is 45.8 Å². The summed E-state index contributed by atoms with van der Waals surface area (Å²) in [6.07, 6.45) is 0.956. The summed E-state index contributed by atoms with van der Waals surface area (Å²) in [5.74, 6) is -10.3. The summed E-state index contributed by atoms with van der Waals surface area (Å²) in [5.41, 5.74) is 0. The summed E-state index contributed by atoms with van der Waals surface area (Å²) < 4.78 is 0. The van der Waals surface area contributed by atoms with E-state index in [-0.39, 0.29) is 65.4 Å². The molecule has 0 saturated carbocycles. The second-order valence-corrected chi connectivity index (χ2v) is 15.1. The molecule has 366 valence electrons. The molecule has 0 aromatic rings. The SMILES string of the molecule is CC(C)[C@H](NC(=O)CNC(=O)CNC(=O)CNC(=O)CNC(=O)CNC(=O)CN(CCNCC(=O)O)CCN(CCNCC(=O)O)CC(=O)O)C(=O)N[C@H](C)C(=O)N1CCC[C@H]1B(O)O. The molecule has 0 aromatic heterocycles. The van der Waals surface area contributed by atoms with Crippen molar-refractivity contribution < 1.29 is 78.1 Å². The Morgan fingerprint density at radius 2 is 1.00 bits per heavy atom. The minimum absolute atomic E-state index is 0.142. The van der Waals surface area contributed by atoms with Crippen molar-refractivity contribution in [1.29, 1.82) is 0 Å². The number of carboxylic acids is 3. The van der Waals surface area contributed by atoms with Crippen LogP contribution in [0.2, 0.25) is 0 Å². The van der Waals surface area contributed by atoms with E-state index < -0.39 is 129 Å². The Bertz CT molecular complexity index is 1660. The number of nitrogens with zero attached hydrogens (tertiary/aromatic N) is 3. The molecule has 0 aromatic carbocycles. The lowest BCUT2D eigenvalue weighted by Crippen LogP contribution is -2.57. The van der Waals surface area contributed by atoms with Crippen molar-refractivity contribution in [3.05, 3.63) is 0 Å². The zero-order valence-corrected chi connectivity index (χ0v) is 36.7. The van der Waals surface area contributed by atoms with E-state index in [2.05, 4.69) is 47.9 Å². The van der Waals surface area contributed by atoms with Gasteiger partial charge in [0.05, 0.1) is 64.8 Å². The predicted molar refractivity (Wildman–Crippen MR) is 226 cm³/mol. The minimum atomic E-state index is -1.73. The molecule has 1 aliphatic rings. The summed E-state index contributed by atoms with van der Waals surface area (Å²) in [6, 6.07) is -2.13. The first kappa shape index (κ1) is 57.0. The molecule has 0 bridgehead atoms. The standard InChI is InChI=1S/C36H63BN12O16/c1-22(2)34(35(62)45-23(3)36(63)49-8-4-5-24(49)37(64)65)46-29(54)17-43-27(52)15-41-25(50)13-40-26(51)14-42-28(53)16-44-30(55)20-47(9-6-38-18-31(56)57)11-12-48(21-33(60)61)10-7-39-19-32(58)59/h22-24,34,38-39,64-65H,4-21H2,1-3H3,(H,40,51)(H,41,50)(H,42,53)(H,43,52)(H,44,55)(H,45,62)(H,46,54)(H,56,57)(H,58,59)(H,60,61)/t23-,24+,34+/m1/s1. The molecule has 14 N–H and O–H groups in total. The number of carboxylic acid groups (broad SMARTS) is 3. The summed E-state index contributed by atoms with van der Waals surface area (Å²) >= 11 is 0. The van der Waals surface area contributed by atoms with Gasteiger partial charge in [0.2, 0.25) is 47.3 Å². The Labute approximate surface area is 374 Å². The third-order valence-electron chi connectivity index (χ3n) is 9.37. The highest BCUT2D eigenvalue weighted by molar-refractivity contribution is 6.43. The van der Waals surface area contributed by atoms with E-state index in [9.17, 15) is 67.9 Å². The molecule has 0 radical (unpaired) electrons. The van der Waals surface area contributed by atoms with Gasteiger partial charge in [-0.3, -0.25) is 62.5 Å². The molecule has 1 fully saturated rings. The number of aliphatic carboxylic acids is 3. The average molecular weight is 931 g/mol. The summed E-state index contributed by atoms with van der Waals surface area (Å²) in [5, 5.41) is 67.7. The molecule has 1 rings (SSSR count). The van der Waals surface area contributed by atoms with Crippen molar-refractivity contribution in [2.75, 3.05) is 105 Å². The van der Waals surface area contributed by atoms with Gasteiger partial charge in [-0.05, 0) is 25.7 Å². The normalized spacial score (nSPS) is 14.2. The van der Waals surface area contributed by atoms with E-state index in [1.54, 1.807) is 18.7 Å². The smallest absolute Gasteiger partial charge is 0.475 e. The maximum absolute atomic E-state index is 13.0. The van der Waals surface area contributed by atoms with Gasteiger partial charge in [0.25, 0.3) is 0 Å². The molecule has 0 spiro atoms. The molecule has 1 aliphatic heterocycles. The van der Waals surface area contributed by atoms with Crippen LogP contribution < -0.4 is 47.9 Å². The lowest BCUT2D eigenvalue weighted by molar-refractivity contribution is -0.139. The van der Waals surface area contributed by atoms with Crippen LogP contribution in [0.25, 0.3) is 0 Å². The summed E-state index contributed by atoms with van der Waals surface area (Å²) in [6.45, 7) is 1.74. The summed E-state index contributed by atoms with van der Waals surface area (Å²) in [4.78, 5) is 137. The van der Waals surface area contributed by atoms with Crippen LogP contribution >= 0.6 is 0 Å². The topological polar surface area (TPSA) is 407 Å². The molecule has 1 saturated heterocycles. The van der Waals surface area contributed by atoms with Gasteiger partial charge in [0.15, 0.2) is 0 Å². The molecule has 28 nitrogen and oxygen atoms in total. The first-order valence-electron chi connectivity index (χ1n) is 20.7. The second kappa shape index (κ2) is 31.0. The highest BCUT2D eigenvalue weighted by Crippen LogP contribution is 2.19. The van der Waals surface area contributed by atoms with Gasteiger partial charge in [-0.1, -0.05) is 13.8 Å². The third kappa shape index (κ3) is 25.8. The van der Waals surface area contributed by atoms with Crippen molar-refractivity contribution in [1.82, 2.24) is 62.6 Å². The van der Waals surface area contributed by atoms with Crippen molar-refractivity contribution >= 4 is 72.3 Å². The first-order valence-corrected chi connectivity index (χ1v) is 20.7. The number of carbonyl (C=O) groups excluding carboxylic acids is 8. The number of amides is 8. The highest BCUT2D eigenvalue weighted by Gasteiger charge is 2.39. The van der Waals surface area contributed by atoms with Gasteiger partial charge in [-0.25, -0.2) is 0 Å². The number of nitrogens with one attached hydrogen (secondary N) is 9. The van der Waals surface area contributed by atoms with E-state index in [4.69, 9.17) is 10.2 Å². The van der Waals surface area contributed by atoms with Crippen LogP contribution in [0.1, 0.15) is 33.6 Å².